The Bertz CT molecular complexity index is 1240. The molecule has 1 aromatic carbocycles. The maximum atomic E-state index is 15.4. The number of ether oxygens (including phenoxy) is 1. The van der Waals surface area contributed by atoms with Crippen molar-refractivity contribution in [1.29, 1.82) is 0 Å². The van der Waals surface area contributed by atoms with Crippen molar-refractivity contribution in [2.75, 3.05) is 32.1 Å². The van der Waals surface area contributed by atoms with Crippen molar-refractivity contribution in [3.05, 3.63) is 27.2 Å². The fourth-order valence-electron chi connectivity index (χ4n) is 6.27. The lowest BCUT2D eigenvalue weighted by Crippen LogP contribution is -2.57. The number of amides is 1. The van der Waals surface area contributed by atoms with Gasteiger partial charge in [-0.15, -0.1) is 0 Å². The monoisotopic (exact) mass is 565 g/mol. The summed E-state index contributed by atoms with van der Waals surface area (Å²) >= 11 is 9.66. The molecule has 2 bridgehead atoms. The third kappa shape index (κ3) is 3.40. The Labute approximate surface area is 218 Å². The molecule has 188 valence electrons. The molecule has 7 nitrogen and oxygen atoms in total. The predicted octanol–water partition coefficient (Wildman–Crippen LogP) is 5.12. The van der Waals surface area contributed by atoms with Crippen LogP contribution in [0.25, 0.3) is 10.9 Å². The summed E-state index contributed by atoms with van der Waals surface area (Å²) in [6, 6.07) is 1.80. The number of hydrogen-bond acceptors (Lipinski definition) is 6. The van der Waals surface area contributed by atoms with Crippen LogP contribution in [0.5, 0.6) is 0 Å². The maximum absolute atomic E-state index is 15.4. The van der Waals surface area contributed by atoms with E-state index in [0.29, 0.717) is 40.7 Å². The number of carbonyl (C=O) groups excluding carboxylic acids is 1. The molecule has 0 spiro atoms. The van der Waals surface area contributed by atoms with E-state index in [1.54, 1.807) is 6.07 Å². The van der Waals surface area contributed by atoms with Crippen molar-refractivity contribution >= 4 is 50.3 Å². The molecule has 0 radical (unpaired) electrons. The van der Waals surface area contributed by atoms with Crippen LogP contribution in [-0.2, 0) is 10.2 Å². The second-order valence-corrected chi connectivity index (χ2v) is 13.0. The van der Waals surface area contributed by atoms with Crippen LogP contribution in [0, 0.1) is 5.82 Å². The van der Waals surface area contributed by atoms with Gasteiger partial charge in [-0.2, -0.15) is 0 Å². The van der Waals surface area contributed by atoms with Crippen molar-refractivity contribution in [2.24, 2.45) is 0 Å². The Balaban J connectivity index is 1.39. The van der Waals surface area contributed by atoms with Gasteiger partial charge >= 0.3 is 6.09 Å². The number of aromatic nitrogens is 2. The lowest BCUT2D eigenvalue weighted by molar-refractivity contribution is 0.0123. The van der Waals surface area contributed by atoms with Crippen LogP contribution < -0.4 is 4.90 Å². The zero-order valence-electron chi connectivity index (χ0n) is 20.7. The molecular formula is C25H30BrClFN5O2. The summed E-state index contributed by atoms with van der Waals surface area (Å²) < 4.78 is 21.3. The van der Waals surface area contributed by atoms with Crippen LogP contribution >= 0.6 is 27.5 Å². The van der Waals surface area contributed by atoms with Crippen molar-refractivity contribution in [1.82, 2.24) is 19.8 Å². The molecule has 4 aliphatic rings. The first-order chi connectivity index (χ1) is 16.4. The normalized spacial score (nSPS) is 31.2. The summed E-state index contributed by atoms with van der Waals surface area (Å²) in [6.45, 7) is 6.88. The second-order valence-electron chi connectivity index (χ2n) is 11.8. The van der Waals surface area contributed by atoms with Gasteiger partial charge in [0.2, 0.25) is 0 Å². The predicted molar refractivity (Wildman–Crippen MR) is 137 cm³/mol. The molecule has 2 aliphatic heterocycles. The minimum absolute atomic E-state index is 0.0220. The summed E-state index contributed by atoms with van der Waals surface area (Å²) in [5.41, 5.74) is -0.258. The lowest BCUT2D eigenvalue weighted by atomic mass is 10.1. The van der Waals surface area contributed by atoms with Crippen LogP contribution in [0.3, 0.4) is 0 Å². The third-order valence-corrected chi connectivity index (χ3v) is 9.61. The number of anilines is 1. The van der Waals surface area contributed by atoms with E-state index in [-0.39, 0.29) is 33.6 Å². The van der Waals surface area contributed by atoms with E-state index in [4.69, 9.17) is 26.3 Å². The van der Waals surface area contributed by atoms with Gasteiger partial charge in [-0.3, -0.25) is 4.90 Å². The van der Waals surface area contributed by atoms with Crippen molar-refractivity contribution in [3.8, 4) is 0 Å². The Hall–Kier alpha value is -1.71. The topological polar surface area (TPSA) is 61.8 Å². The van der Waals surface area contributed by atoms with Crippen LogP contribution in [0.1, 0.15) is 52.3 Å². The third-order valence-electron chi connectivity index (χ3n) is 8.31. The number of nitrogens with zero attached hydrogens (tertiary/aromatic N) is 5. The number of fused-ring (bicyclic) bond motifs is 4. The Morgan fingerprint density at radius 3 is 2.40 bits per heavy atom. The molecule has 2 aliphatic carbocycles. The first kappa shape index (κ1) is 23.7. The van der Waals surface area contributed by atoms with Gasteiger partial charge in [0.15, 0.2) is 5.82 Å². The first-order valence-electron chi connectivity index (χ1n) is 12.2. The largest absolute Gasteiger partial charge is 0.444 e. The van der Waals surface area contributed by atoms with Gasteiger partial charge < -0.3 is 14.5 Å². The Kier molecular flexibility index (Phi) is 5.02. The van der Waals surface area contributed by atoms with Gasteiger partial charge in [-0.05, 0) is 82.5 Å². The highest BCUT2D eigenvalue weighted by atomic mass is 79.9. The van der Waals surface area contributed by atoms with Crippen molar-refractivity contribution < 1.29 is 13.9 Å². The number of rotatable bonds is 3. The Morgan fingerprint density at radius 1 is 1.23 bits per heavy atom. The molecule has 6 rings (SSSR count). The molecule has 35 heavy (non-hydrogen) atoms. The summed E-state index contributed by atoms with van der Waals surface area (Å²) in [5, 5.41) is 0.902. The van der Waals surface area contributed by atoms with Crippen molar-refractivity contribution in [2.45, 2.75) is 75.1 Å². The fraction of sp³-hybridized carbons (Fsp3) is 0.640. The van der Waals surface area contributed by atoms with E-state index in [0.717, 1.165) is 25.7 Å². The summed E-state index contributed by atoms with van der Waals surface area (Å²) in [7, 11) is 4.17. The second kappa shape index (κ2) is 7.42. The highest BCUT2D eigenvalue weighted by Crippen LogP contribution is 2.80. The maximum Gasteiger partial charge on any atom is 0.410 e. The molecule has 2 aromatic rings. The molecule has 2 saturated heterocycles. The average molecular weight is 567 g/mol. The number of hydrogen-bond donors (Lipinski definition) is 0. The van der Waals surface area contributed by atoms with Gasteiger partial charge in [0.05, 0.1) is 27.0 Å². The lowest BCUT2D eigenvalue weighted by Gasteiger charge is -2.42. The smallest absolute Gasteiger partial charge is 0.410 e. The molecule has 2 saturated carbocycles. The molecular weight excluding hydrogens is 537 g/mol. The zero-order chi connectivity index (χ0) is 25.1. The molecule has 2 atom stereocenters. The molecule has 0 N–H and O–H groups in total. The number of likely N-dealkylation sites (N-methyl/N-ethyl adjacent to an activating group) is 1. The van der Waals surface area contributed by atoms with E-state index in [1.165, 1.54) is 0 Å². The standard InChI is InChI=1S/C25H30BrClFN5O2/c1-23(2,3)35-22(34)33-13-6-7-14(33)10-32(9-13)20-15-8-16(27)17(26)18(28)19(15)29-21(30-20)24-11-25(24,12-24)31(4)5/h8,13-14H,6-7,9-12H2,1-5H3. The number of piperazine rings is 1. The van der Waals surface area contributed by atoms with E-state index in [1.807, 2.05) is 25.7 Å². The van der Waals surface area contributed by atoms with Gasteiger partial charge in [0.1, 0.15) is 22.8 Å². The molecule has 1 amide bonds. The van der Waals surface area contributed by atoms with E-state index < -0.39 is 11.4 Å². The van der Waals surface area contributed by atoms with Crippen LogP contribution in [0.4, 0.5) is 15.0 Å². The van der Waals surface area contributed by atoms with Crippen LogP contribution in [0.2, 0.25) is 5.02 Å². The van der Waals surface area contributed by atoms with Crippen molar-refractivity contribution in [3.63, 3.8) is 0 Å². The number of benzene rings is 1. The van der Waals surface area contributed by atoms with Gasteiger partial charge in [-0.25, -0.2) is 19.2 Å². The SMILES string of the molecule is CN(C)C12CC1(c1nc(N3CC4CCC(C3)N4C(=O)OC(C)(C)C)c3cc(Cl)c(Br)c(F)c3n1)C2. The number of halogens is 3. The summed E-state index contributed by atoms with van der Waals surface area (Å²) in [5.74, 6) is 0.963. The average Bonchev–Trinajstić information content (AvgIpc) is 3.59. The molecule has 1 aromatic heterocycles. The van der Waals surface area contributed by atoms with E-state index in [2.05, 4.69) is 39.8 Å². The zero-order valence-corrected chi connectivity index (χ0v) is 23.0. The minimum atomic E-state index is -0.542. The number of carbonyl (C=O) groups is 1. The van der Waals surface area contributed by atoms with E-state index in [9.17, 15) is 4.79 Å². The molecule has 4 fully saturated rings. The fourth-order valence-corrected chi connectivity index (χ4v) is 6.76. The van der Waals surface area contributed by atoms with Gasteiger partial charge in [0, 0.05) is 24.0 Å². The van der Waals surface area contributed by atoms with E-state index >= 15 is 4.39 Å². The molecule has 10 heteroatoms. The highest BCUT2D eigenvalue weighted by molar-refractivity contribution is 9.10. The highest BCUT2D eigenvalue weighted by Gasteiger charge is 2.86. The quantitative estimate of drug-likeness (QED) is 0.481. The first-order valence-corrected chi connectivity index (χ1v) is 13.3. The minimum Gasteiger partial charge on any atom is -0.444 e. The van der Waals surface area contributed by atoms with Crippen LogP contribution in [0.15, 0.2) is 10.5 Å². The summed E-state index contributed by atoms with van der Waals surface area (Å²) in [4.78, 5) is 29.1. The van der Waals surface area contributed by atoms with Gasteiger partial charge in [-0.1, -0.05) is 11.6 Å². The summed E-state index contributed by atoms with van der Waals surface area (Å²) in [6.07, 6.45) is 3.54. The molecule has 3 heterocycles. The molecule has 2 unspecified atom stereocenters. The van der Waals surface area contributed by atoms with Crippen LogP contribution in [-0.4, -0.2) is 76.3 Å². The van der Waals surface area contributed by atoms with Gasteiger partial charge in [0.25, 0.3) is 0 Å². The Morgan fingerprint density at radius 2 is 1.86 bits per heavy atom.